The first-order chi connectivity index (χ1) is 8.66. The summed E-state index contributed by atoms with van der Waals surface area (Å²) in [6.07, 6.45) is -0.294. The summed E-state index contributed by atoms with van der Waals surface area (Å²) < 4.78 is 18.0. The lowest BCUT2D eigenvalue weighted by Crippen LogP contribution is -2.28. The molecule has 5 nitrogen and oxygen atoms in total. The number of halogens is 1. The van der Waals surface area contributed by atoms with E-state index in [1.807, 2.05) is 0 Å². The largest absolute Gasteiger partial charge is 0.448 e. The quantitative estimate of drug-likeness (QED) is 0.885. The molecule has 1 N–H and O–H groups in total. The lowest BCUT2D eigenvalue weighted by atomic mass is 10.3. The molecule has 6 heteroatoms. The Hall–Kier alpha value is -2.11. The van der Waals surface area contributed by atoms with Gasteiger partial charge in [0.2, 0.25) is 5.91 Å². The van der Waals surface area contributed by atoms with Crippen LogP contribution in [0.25, 0.3) is 0 Å². The zero-order valence-corrected chi connectivity index (χ0v) is 9.69. The lowest BCUT2D eigenvalue weighted by Gasteiger charge is -2.12. The Morgan fingerprint density at radius 2 is 2.22 bits per heavy atom. The van der Waals surface area contributed by atoms with Gasteiger partial charge in [-0.1, -0.05) is 12.1 Å². The summed E-state index contributed by atoms with van der Waals surface area (Å²) in [5, 5.41) is 2.46. The molecule has 0 saturated carbocycles. The van der Waals surface area contributed by atoms with Gasteiger partial charge in [0, 0.05) is 13.0 Å². The first-order valence-electron chi connectivity index (χ1n) is 5.63. The number of nitrogens with one attached hydrogen (secondary N) is 1. The van der Waals surface area contributed by atoms with E-state index < -0.39 is 11.9 Å². The number of carbonyl (C=O) groups is 2. The van der Waals surface area contributed by atoms with Crippen LogP contribution in [0.1, 0.15) is 6.42 Å². The fourth-order valence-corrected chi connectivity index (χ4v) is 1.64. The summed E-state index contributed by atoms with van der Waals surface area (Å²) in [6.45, 7) is 1.12. The summed E-state index contributed by atoms with van der Waals surface area (Å²) in [4.78, 5) is 24.1. The van der Waals surface area contributed by atoms with E-state index in [-0.39, 0.29) is 24.6 Å². The number of nitrogens with zero attached hydrogens (tertiary/aromatic N) is 1. The Morgan fingerprint density at radius 1 is 1.44 bits per heavy atom. The highest BCUT2D eigenvalue weighted by molar-refractivity contribution is 5.91. The van der Waals surface area contributed by atoms with Gasteiger partial charge >= 0.3 is 6.09 Å². The van der Waals surface area contributed by atoms with Crippen LogP contribution >= 0.6 is 0 Å². The van der Waals surface area contributed by atoms with Gasteiger partial charge < -0.3 is 15.0 Å². The number of hydrogen-bond acceptors (Lipinski definition) is 3. The first-order valence-corrected chi connectivity index (χ1v) is 5.63. The van der Waals surface area contributed by atoms with Crippen molar-refractivity contribution in [1.82, 2.24) is 4.90 Å². The van der Waals surface area contributed by atoms with Crippen LogP contribution in [0.5, 0.6) is 0 Å². The topological polar surface area (TPSA) is 58.6 Å². The van der Waals surface area contributed by atoms with Crippen LogP contribution < -0.4 is 5.32 Å². The monoisotopic (exact) mass is 252 g/mol. The highest BCUT2D eigenvalue weighted by atomic mass is 19.1. The van der Waals surface area contributed by atoms with Crippen LogP contribution in [0.3, 0.4) is 0 Å². The summed E-state index contributed by atoms with van der Waals surface area (Å²) in [5.74, 6) is -0.814. The Kier molecular flexibility index (Phi) is 3.76. The molecule has 2 rings (SSSR count). The average molecular weight is 252 g/mol. The van der Waals surface area contributed by atoms with Crippen molar-refractivity contribution in [3.05, 3.63) is 30.1 Å². The van der Waals surface area contributed by atoms with Gasteiger partial charge in [-0.2, -0.15) is 0 Å². The first kappa shape index (κ1) is 12.3. The predicted octanol–water partition coefficient (Wildman–Crippen LogP) is 1.61. The Morgan fingerprint density at radius 3 is 2.89 bits per heavy atom. The second-order valence-electron chi connectivity index (χ2n) is 3.88. The minimum absolute atomic E-state index is 0.115. The molecule has 1 aromatic carbocycles. The van der Waals surface area contributed by atoms with Crippen molar-refractivity contribution in [2.24, 2.45) is 0 Å². The van der Waals surface area contributed by atoms with Crippen LogP contribution in [0.2, 0.25) is 0 Å². The molecule has 0 spiro atoms. The van der Waals surface area contributed by atoms with E-state index in [2.05, 4.69) is 5.32 Å². The van der Waals surface area contributed by atoms with Gasteiger partial charge in [-0.15, -0.1) is 0 Å². The van der Waals surface area contributed by atoms with Gasteiger partial charge in [0.15, 0.2) is 0 Å². The molecule has 1 aliphatic heterocycles. The van der Waals surface area contributed by atoms with Crippen LogP contribution in [0, 0.1) is 5.82 Å². The summed E-state index contributed by atoms with van der Waals surface area (Å²) in [7, 11) is 0. The molecule has 0 bridgehead atoms. The minimum atomic E-state index is -0.480. The van der Waals surface area contributed by atoms with Crippen LogP contribution in [0.15, 0.2) is 24.3 Å². The fraction of sp³-hybridized carbons (Fsp3) is 0.333. The molecule has 2 amide bonds. The molecule has 0 unspecified atom stereocenters. The maximum Gasteiger partial charge on any atom is 0.409 e. The molecular weight excluding hydrogens is 239 g/mol. The van der Waals surface area contributed by atoms with Crippen molar-refractivity contribution in [3.63, 3.8) is 0 Å². The summed E-state index contributed by atoms with van der Waals surface area (Å²) in [5.41, 5.74) is 0.145. The van der Waals surface area contributed by atoms with E-state index in [0.29, 0.717) is 13.2 Å². The Bertz CT molecular complexity index is 464. The third kappa shape index (κ3) is 2.97. The van der Waals surface area contributed by atoms with Crippen LogP contribution in [-0.4, -0.2) is 36.6 Å². The number of ether oxygens (including phenoxy) is 1. The Labute approximate surface area is 104 Å². The van der Waals surface area contributed by atoms with Gasteiger partial charge in [-0.25, -0.2) is 9.18 Å². The second kappa shape index (κ2) is 5.48. The highest BCUT2D eigenvalue weighted by Gasteiger charge is 2.22. The zero-order chi connectivity index (χ0) is 13.0. The van der Waals surface area contributed by atoms with E-state index in [1.165, 1.54) is 17.0 Å². The number of hydrogen-bond donors (Lipinski definition) is 1. The fourth-order valence-electron chi connectivity index (χ4n) is 1.64. The number of carbonyl (C=O) groups excluding carboxylic acids is 2. The molecule has 96 valence electrons. The third-order valence-electron chi connectivity index (χ3n) is 2.60. The molecule has 1 aliphatic rings. The van der Waals surface area contributed by atoms with E-state index in [0.717, 1.165) is 0 Å². The van der Waals surface area contributed by atoms with Gasteiger partial charge in [0.1, 0.15) is 12.4 Å². The Balaban J connectivity index is 1.82. The van der Waals surface area contributed by atoms with Crippen LogP contribution in [0.4, 0.5) is 14.9 Å². The molecular formula is C12H13FN2O3. The van der Waals surface area contributed by atoms with Gasteiger partial charge in [-0.3, -0.25) is 4.79 Å². The second-order valence-corrected chi connectivity index (χ2v) is 3.88. The molecule has 0 atom stereocenters. The lowest BCUT2D eigenvalue weighted by molar-refractivity contribution is -0.116. The number of amides is 2. The van der Waals surface area contributed by atoms with Crippen molar-refractivity contribution in [2.75, 3.05) is 25.0 Å². The molecule has 1 aromatic rings. The van der Waals surface area contributed by atoms with Gasteiger partial charge in [-0.05, 0) is 12.1 Å². The van der Waals surface area contributed by atoms with Crippen molar-refractivity contribution in [2.45, 2.75) is 6.42 Å². The van der Waals surface area contributed by atoms with Crippen molar-refractivity contribution in [3.8, 4) is 0 Å². The zero-order valence-electron chi connectivity index (χ0n) is 9.69. The summed E-state index contributed by atoms with van der Waals surface area (Å²) >= 11 is 0. The van der Waals surface area contributed by atoms with E-state index in [9.17, 15) is 14.0 Å². The molecule has 1 saturated heterocycles. The minimum Gasteiger partial charge on any atom is -0.448 e. The molecule has 0 aromatic heterocycles. The van der Waals surface area contributed by atoms with Crippen molar-refractivity contribution in [1.29, 1.82) is 0 Å². The van der Waals surface area contributed by atoms with E-state index in [1.54, 1.807) is 12.1 Å². The van der Waals surface area contributed by atoms with Gasteiger partial charge in [0.05, 0.1) is 12.2 Å². The SMILES string of the molecule is O=C(CCN1CCOC1=O)Nc1ccccc1F. The average Bonchev–Trinajstić information content (AvgIpc) is 2.75. The molecule has 0 aliphatic carbocycles. The summed E-state index contributed by atoms with van der Waals surface area (Å²) in [6, 6.07) is 5.94. The maximum absolute atomic E-state index is 13.3. The molecule has 1 heterocycles. The van der Waals surface area contributed by atoms with Crippen LogP contribution in [-0.2, 0) is 9.53 Å². The maximum atomic E-state index is 13.3. The number of rotatable bonds is 4. The number of para-hydroxylation sites is 1. The van der Waals surface area contributed by atoms with Crippen molar-refractivity contribution < 1.29 is 18.7 Å². The predicted molar refractivity (Wildman–Crippen MR) is 62.6 cm³/mol. The van der Waals surface area contributed by atoms with Gasteiger partial charge in [0.25, 0.3) is 0 Å². The third-order valence-corrected chi connectivity index (χ3v) is 2.60. The number of cyclic esters (lactones) is 1. The highest BCUT2D eigenvalue weighted by Crippen LogP contribution is 2.13. The number of anilines is 1. The van der Waals surface area contributed by atoms with Crippen molar-refractivity contribution >= 4 is 17.7 Å². The van der Waals surface area contributed by atoms with E-state index >= 15 is 0 Å². The molecule has 18 heavy (non-hydrogen) atoms. The standard InChI is InChI=1S/C12H13FN2O3/c13-9-3-1-2-4-10(9)14-11(16)5-6-15-7-8-18-12(15)17/h1-4H,5-8H2,(H,14,16). The molecule has 1 fully saturated rings. The van der Waals surface area contributed by atoms with E-state index in [4.69, 9.17) is 4.74 Å². The molecule has 0 radical (unpaired) electrons. The smallest absolute Gasteiger partial charge is 0.409 e. The number of benzene rings is 1. The normalized spacial score (nSPS) is 14.5.